The van der Waals surface area contributed by atoms with E-state index in [4.69, 9.17) is 4.43 Å². The molecule has 144 valence electrons. The highest BCUT2D eigenvalue weighted by Crippen LogP contribution is 2.42. The minimum Gasteiger partial charge on any atom is -0.404 e. The van der Waals surface area contributed by atoms with Crippen molar-refractivity contribution >= 4 is 8.32 Å². The first-order valence-corrected chi connectivity index (χ1v) is 11.9. The van der Waals surface area contributed by atoms with Gasteiger partial charge in [-0.2, -0.15) is 5.10 Å². The van der Waals surface area contributed by atoms with E-state index >= 15 is 0 Å². The quantitative estimate of drug-likeness (QED) is 0.578. The average molecular weight is 392 g/mol. The summed E-state index contributed by atoms with van der Waals surface area (Å²) in [6.07, 6.45) is 6.05. The van der Waals surface area contributed by atoms with E-state index in [1.807, 2.05) is 26.6 Å². The minimum atomic E-state index is -2.20. The fourth-order valence-electron chi connectivity index (χ4n) is 3.20. The van der Waals surface area contributed by atoms with Gasteiger partial charge >= 0.3 is 0 Å². The number of benzene rings is 1. The fraction of sp³-hybridized carbons (Fsp3) is 0.412. The molecule has 2 heterocycles. The highest BCUT2D eigenvalue weighted by molar-refractivity contribution is 6.69. The molecule has 0 radical (unpaired) electrons. The molecule has 0 unspecified atom stereocenters. The molecule has 0 bridgehead atoms. The van der Waals surface area contributed by atoms with Gasteiger partial charge in [0, 0.05) is 11.6 Å². The lowest BCUT2D eigenvalue weighted by molar-refractivity contribution is -0.0150. The van der Waals surface area contributed by atoms with Crippen LogP contribution >= 0.6 is 0 Å². The first kappa shape index (κ1) is 19.3. The van der Waals surface area contributed by atoms with Crippen molar-refractivity contribution in [2.45, 2.75) is 44.8 Å². The summed E-state index contributed by atoms with van der Waals surface area (Å²) in [6.45, 7) is 8.14. The van der Waals surface area contributed by atoms with E-state index in [0.717, 1.165) is 6.07 Å². The van der Waals surface area contributed by atoms with Crippen LogP contribution in [0.4, 0.5) is 8.78 Å². The largest absolute Gasteiger partial charge is 0.404 e. The van der Waals surface area contributed by atoms with Crippen LogP contribution in [0, 0.1) is 11.6 Å². The highest BCUT2D eigenvalue weighted by atomic mass is 28.4. The molecular weight excluding hydrogens is 370 g/mol. The van der Waals surface area contributed by atoms with Crippen LogP contribution in [-0.4, -0.2) is 37.8 Å². The Morgan fingerprint density at radius 3 is 2.41 bits per heavy atom. The molecule has 7 nitrogen and oxygen atoms in total. The Bertz CT molecular complexity index is 881. The molecule has 3 aromatic rings. The molecule has 2 aromatic heterocycles. The second-order valence-corrected chi connectivity index (χ2v) is 11.8. The van der Waals surface area contributed by atoms with E-state index < -0.39 is 31.6 Å². The lowest BCUT2D eigenvalue weighted by atomic mass is 9.86. The number of rotatable bonds is 7. The van der Waals surface area contributed by atoms with Crippen molar-refractivity contribution in [3.63, 3.8) is 0 Å². The molecule has 0 saturated heterocycles. The number of hydrogen-bond donors (Lipinski definition) is 0. The van der Waals surface area contributed by atoms with E-state index in [-0.39, 0.29) is 12.1 Å². The summed E-state index contributed by atoms with van der Waals surface area (Å²) in [5.74, 6) is -1.32. The predicted octanol–water partition coefficient (Wildman–Crippen LogP) is 3.16. The first-order valence-electron chi connectivity index (χ1n) is 8.53. The fourth-order valence-corrected chi connectivity index (χ4v) is 4.64. The van der Waals surface area contributed by atoms with E-state index in [1.165, 1.54) is 18.5 Å². The molecule has 3 rings (SSSR count). The number of aromatic nitrogens is 6. The molecule has 27 heavy (non-hydrogen) atoms. The molecule has 0 N–H and O–H groups in total. The van der Waals surface area contributed by atoms with Gasteiger partial charge in [0.1, 0.15) is 42.5 Å². The standard InChI is InChI=1S/C17H22F2N6OSi/c1-13(24-11-21-22-12-24)17(26-27(2,3)4,8-25-10-20-9-23-25)15-6-5-14(18)7-16(15)19/h5-7,9-13H,8H2,1-4H3/t13-,17-/m1/s1. The molecule has 0 aliphatic rings. The van der Waals surface area contributed by atoms with Crippen molar-refractivity contribution < 1.29 is 13.2 Å². The summed E-state index contributed by atoms with van der Waals surface area (Å²) in [5, 5.41) is 11.9. The van der Waals surface area contributed by atoms with Crippen LogP contribution in [0.1, 0.15) is 18.5 Å². The van der Waals surface area contributed by atoms with Crippen molar-refractivity contribution in [3.05, 3.63) is 60.7 Å². The normalized spacial score (nSPS) is 15.5. The molecular formula is C17H22F2N6OSi. The third-order valence-corrected chi connectivity index (χ3v) is 5.27. The van der Waals surface area contributed by atoms with Gasteiger partial charge in [-0.15, -0.1) is 10.2 Å². The van der Waals surface area contributed by atoms with E-state index in [2.05, 4.69) is 20.3 Å². The van der Waals surface area contributed by atoms with Gasteiger partial charge in [-0.1, -0.05) is 6.07 Å². The molecule has 1 aromatic carbocycles. The Hall–Kier alpha value is -2.46. The predicted molar refractivity (Wildman–Crippen MR) is 97.2 cm³/mol. The van der Waals surface area contributed by atoms with Gasteiger partial charge in [-0.05, 0) is 32.6 Å². The van der Waals surface area contributed by atoms with Gasteiger partial charge < -0.3 is 8.99 Å². The van der Waals surface area contributed by atoms with Gasteiger partial charge in [0.05, 0.1) is 12.6 Å². The second-order valence-electron chi connectivity index (χ2n) is 7.41. The van der Waals surface area contributed by atoms with Crippen molar-refractivity contribution in [2.75, 3.05) is 0 Å². The van der Waals surface area contributed by atoms with E-state index in [9.17, 15) is 8.78 Å². The third-order valence-electron chi connectivity index (χ3n) is 4.30. The van der Waals surface area contributed by atoms with Gasteiger partial charge in [-0.25, -0.2) is 18.4 Å². The Morgan fingerprint density at radius 2 is 1.85 bits per heavy atom. The van der Waals surface area contributed by atoms with Crippen LogP contribution in [0.2, 0.25) is 19.6 Å². The minimum absolute atomic E-state index is 0.194. The van der Waals surface area contributed by atoms with Crippen molar-refractivity contribution in [2.24, 2.45) is 0 Å². The SMILES string of the molecule is C[C@@H](n1cnnc1)[C@@](Cn1cncn1)(O[Si](C)(C)C)c1ccc(F)cc1F. The van der Waals surface area contributed by atoms with Crippen LogP contribution in [0.5, 0.6) is 0 Å². The Morgan fingerprint density at radius 1 is 1.15 bits per heavy atom. The molecule has 10 heteroatoms. The Kier molecular flexibility index (Phi) is 5.20. The molecule has 0 amide bonds. The number of halogens is 2. The van der Waals surface area contributed by atoms with Crippen LogP contribution in [0.15, 0.2) is 43.5 Å². The van der Waals surface area contributed by atoms with Crippen LogP contribution in [0.3, 0.4) is 0 Å². The van der Waals surface area contributed by atoms with Crippen LogP contribution in [-0.2, 0) is 16.6 Å². The lowest BCUT2D eigenvalue weighted by Gasteiger charge is -2.44. The summed E-state index contributed by atoms with van der Waals surface area (Å²) in [5.41, 5.74) is -0.916. The molecule has 0 aliphatic carbocycles. The zero-order chi connectivity index (χ0) is 19.7. The summed E-state index contributed by atoms with van der Waals surface area (Å²) >= 11 is 0. The van der Waals surface area contributed by atoms with Crippen LogP contribution < -0.4 is 0 Å². The Labute approximate surface area is 157 Å². The van der Waals surface area contributed by atoms with Crippen molar-refractivity contribution in [3.8, 4) is 0 Å². The zero-order valence-corrected chi connectivity index (χ0v) is 16.7. The van der Waals surface area contributed by atoms with Crippen LogP contribution in [0.25, 0.3) is 0 Å². The lowest BCUT2D eigenvalue weighted by Crippen LogP contribution is -2.49. The molecule has 0 fully saturated rings. The molecule has 0 spiro atoms. The zero-order valence-electron chi connectivity index (χ0n) is 15.7. The van der Waals surface area contributed by atoms with E-state index in [1.54, 1.807) is 28.2 Å². The number of nitrogens with zero attached hydrogens (tertiary/aromatic N) is 6. The van der Waals surface area contributed by atoms with Gasteiger partial charge in [0.15, 0.2) is 8.32 Å². The van der Waals surface area contributed by atoms with Gasteiger partial charge in [0.25, 0.3) is 0 Å². The maximum Gasteiger partial charge on any atom is 0.185 e. The Balaban J connectivity index is 2.22. The molecule has 0 saturated carbocycles. The number of hydrogen-bond acceptors (Lipinski definition) is 5. The topological polar surface area (TPSA) is 70.7 Å². The average Bonchev–Trinajstić information content (AvgIpc) is 3.25. The highest BCUT2D eigenvalue weighted by Gasteiger charge is 2.46. The van der Waals surface area contributed by atoms with E-state index in [0.29, 0.717) is 0 Å². The second kappa shape index (κ2) is 7.28. The van der Waals surface area contributed by atoms with Crippen molar-refractivity contribution in [1.82, 2.24) is 29.5 Å². The maximum absolute atomic E-state index is 15.0. The van der Waals surface area contributed by atoms with Gasteiger partial charge in [-0.3, -0.25) is 0 Å². The monoisotopic (exact) mass is 392 g/mol. The summed E-state index contributed by atoms with van der Waals surface area (Å²) in [4.78, 5) is 3.98. The molecule has 0 aliphatic heterocycles. The third kappa shape index (κ3) is 4.11. The van der Waals surface area contributed by atoms with Crippen molar-refractivity contribution in [1.29, 1.82) is 0 Å². The maximum atomic E-state index is 15.0. The molecule has 2 atom stereocenters. The first-order chi connectivity index (χ1) is 12.7. The summed E-state index contributed by atoms with van der Waals surface area (Å²) in [7, 11) is -2.20. The summed E-state index contributed by atoms with van der Waals surface area (Å²) in [6, 6.07) is 3.14. The summed E-state index contributed by atoms with van der Waals surface area (Å²) < 4.78 is 38.5. The smallest absolute Gasteiger partial charge is 0.185 e. The van der Waals surface area contributed by atoms with Gasteiger partial charge in [0.2, 0.25) is 0 Å².